The summed E-state index contributed by atoms with van der Waals surface area (Å²) >= 11 is 1.34. The topological polar surface area (TPSA) is 64.4 Å². The lowest BCUT2D eigenvalue weighted by atomic mass is 10.3. The Hall–Kier alpha value is -1.82. The van der Waals surface area contributed by atoms with Crippen LogP contribution >= 0.6 is 11.3 Å². The van der Waals surface area contributed by atoms with Gasteiger partial charge in [-0.15, -0.1) is 11.3 Å². The fourth-order valence-corrected chi connectivity index (χ4v) is 2.20. The quantitative estimate of drug-likeness (QED) is 0.923. The van der Waals surface area contributed by atoms with Crippen molar-refractivity contribution in [2.45, 2.75) is 19.9 Å². The number of ether oxygens (including phenoxy) is 1. The number of thiophene rings is 1. The van der Waals surface area contributed by atoms with Crippen LogP contribution in [0.25, 0.3) is 0 Å². The summed E-state index contributed by atoms with van der Waals surface area (Å²) < 4.78 is 10.4. The molecule has 0 aliphatic carbocycles. The Kier molecular flexibility index (Phi) is 3.66. The lowest BCUT2D eigenvalue weighted by Crippen LogP contribution is -2.26. The third-order valence-corrected chi connectivity index (χ3v) is 3.30. The molecule has 18 heavy (non-hydrogen) atoms. The Morgan fingerprint density at radius 1 is 1.61 bits per heavy atom. The number of methoxy groups -OCH3 is 1. The molecule has 2 heterocycles. The molecule has 0 aromatic carbocycles. The van der Waals surface area contributed by atoms with E-state index >= 15 is 0 Å². The first-order valence-corrected chi connectivity index (χ1v) is 6.34. The van der Waals surface area contributed by atoms with Gasteiger partial charge in [0.1, 0.15) is 17.6 Å². The van der Waals surface area contributed by atoms with E-state index in [0.717, 1.165) is 5.76 Å². The van der Waals surface area contributed by atoms with Gasteiger partial charge in [-0.2, -0.15) is 0 Å². The van der Waals surface area contributed by atoms with Gasteiger partial charge in [-0.25, -0.2) is 4.98 Å². The number of nitrogens with zero attached hydrogens (tertiary/aromatic N) is 1. The molecule has 2 aromatic rings. The van der Waals surface area contributed by atoms with Crippen LogP contribution in [0, 0.1) is 6.92 Å². The summed E-state index contributed by atoms with van der Waals surface area (Å²) in [6.45, 7) is 3.64. The van der Waals surface area contributed by atoms with Crippen molar-refractivity contribution in [2.75, 3.05) is 7.11 Å². The zero-order valence-electron chi connectivity index (χ0n) is 10.4. The number of oxazole rings is 1. The van der Waals surface area contributed by atoms with Crippen LogP contribution in [0.5, 0.6) is 5.75 Å². The van der Waals surface area contributed by atoms with Crippen molar-refractivity contribution in [3.8, 4) is 5.75 Å². The van der Waals surface area contributed by atoms with E-state index in [4.69, 9.17) is 9.15 Å². The Balaban J connectivity index is 2.02. The number of hydrogen-bond acceptors (Lipinski definition) is 5. The van der Waals surface area contributed by atoms with Gasteiger partial charge in [0, 0.05) is 11.4 Å². The highest BCUT2D eigenvalue weighted by Gasteiger charge is 2.16. The molecular weight excluding hydrogens is 252 g/mol. The van der Waals surface area contributed by atoms with Gasteiger partial charge in [0.15, 0.2) is 0 Å². The lowest BCUT2D eigenvalue weighted by Gasteiger charge is -2.08. The van der Waals surface area contributed by atoms with Crippen molar-refractivity contribution in [1.82, 2.24) is 10.3 Å². The Morgan fingerprint density at radius 3 is 2.94 bits per heavy atom. The molecule has 1 amide bonds. The SMILES string of the molecule is COc1csc(C(=O)N[C@H](C)c2ncc(C)o2)c1. The fourth-order valence-electron chi connectivity index (χ4n) is 1.45. The first-order chi connectivity index (χ1) is 8.60. The molecule has 2 aromatic heterocycles. The summed E-state index contributed by atoms with van der Waals surface area (Å²) in [6.07, 6.45) is 1.63. The Bertz CT molecular complexity index is 547. The van der Waals surface area contributed by atoms with Crippen molar-refractivity contribution >= 4 is 17.2 Å². The molecule has 96 valence electrons. The van der Waals surface area contributed by atoms with E-state index < -0.39 is 0 Å². The van der Waals surface area contributed by atoms with Gasteiger partial charge in [-0.3, -0.25) is 4.79 Å². The van der Waals surface area contributed by atoms with Crippen LogP contribution < -0.4 is 10.1 Å². The van der Waals surface area contributed by atoms with Crippen LogP contribution in [0.15, 0.2) is 22.1 Å². The normalized spacial score (nSPS) is 12.2. The highest BCUT2D eigenvalue weighted by atomic mass is 32.1. The number of hydrogen-bond donors (Lipinski definition) is 1. The molecule has 0 radical (unpaired) electrons. The average molecular weight is 266 g/mol. The number of nitrogens with one attached hydrogen (secondary N) is 1. The third kappa shape index (κ3) is 2.70. The number of amides is 1. The monoisotopic (exact) mass is 266 g/mol. The van der Waals surface area contributed by atoms with Crippen LogP contribution in [0.1, 0.15) is 34.3 Å². The zero-order chi connectivity index (χ0) is 13.1. The van der Waals surface area contributed by atoms with E-state index in [-0.39, 0.29) is 11.9 Å². The molecule has 2 rings (SSSR count). The molecule has 5 nitrogen and oxygen atoms in total. The first kappa shape index (κ1) is 12.6. The summed E-state index contributed by atoms with van der Waals surface area (Å²) in [5.41, 5.74) is 0. The van der Waals surface area contributed by atoms with Crippen LogP contribution in [0.3, 0.4) is 0 Å². The molecule has 0 aliphatic rings. The number of carbonyl (C=O) groups excluding carboxylic acids is 1. The van der Waals surface area contributed by atoms with Gasteiger partial charge in [0.25, 0.3) is 5.91 Å². The molecule has 0 saturated carbocycles. The van der Waals surface area contributed by atoms with Crippen molar-refractivity contribution in [3.63, 3.8) is 0 Å². The molecule has 0 spiro atoms. The first-order valence-electron chi connectivity index (χ1n) is 5.46. The Morgan fingerprint density at radius 2 is 2.39 bits per heavy atom. The largest absolute Gasteiger partial charge is 0.496 e. The second-order valence-corrected chi connectivity index (χ2v) is 4.77. The van der Waals surface area contributed by atoms with E-state index in [1.54, 1.807) is 24.8 Å². The van der Waals surface area contributed by atoms with Gasteiger partial charge >= 0.3 is 0 Å². The van der Waals surface area contributed by atoms with Gasteiger partial charge < -0.3 is 14.5 Å². The van der Waals surface area contributed by atoms with Crippen LogP contribution in [0.4, 0.5) is 0 Å². The second-order valence-electron chi connectivity index (χ2n) is 3.86. The molecule has 1 atom stereocenters. The molecule has 6 heteroatoms. The van der Waals surface area contributed by atoms with Gasteiger partial charge in [-0.05, 0) is 13.8 Å². The van der Waals surface area contributed by atoms with E-state index in [1.807, 2.05) is 13.8 Å². The zero-order valence-corrected chi connectivity index (χ0v) is 11.2. The summed E-state index contributed by atoms with van der Waals surface area (Å²) in [5, 5.41) is 4.61. The average Bonchev–Trinajstić information content (AvgIpc) is 2.97. The maximum absolute atomic E-state index is 11.9. The molecule has 0 saturated heterocycles. The molecular formula is C12H14N2O3S. The van der Waals surface area contributed by atoms with Crippen molar-refractivity contribution < 1.29 is 13.9 Å². The summed E-state index contributed by atoms with van der Waals surface area (Å²) in [7, 11) is 1.57. The van der Waals surface area contributed by atoms with Crippen LogP contribution in [-0.2, 0) is 0 Å². The van der Waals surface area contributed by atoms with E-state index in [0.29, 0.717) is 16.5 Å². The highest BCUT2D eigenvalue weighted by molar-refractivity contribution is 7.12. The smallest absolute Gasteiger partial charge is 0.262 e. The lowest BCUT2D eigenvalue weighted by molar-refractivity contribution is 0.0938. The number of aromatic nitrogens is 1. The van der Waals surface area contributed by atoms with E-state index in [2.05, 4.69) is 10.3 Å². The van der Waals surface area contributed by atoms with Crippen molar-refractivity contribution in [2.24, 2.45) is 0 Å². The molecule has 0 unspecified atom stereocenters. The second kappa shape index (κ2) is 5.22. The molecule has 0 aliphatic heterocycles. The minimum Gasteiger partial charge on any atom is -0.496 e. The van der Waals surface area contributed by atoms with Gasteiger partial charge in [0.2, 0.25) is 5.89 Å². The third-order valence-electron chi connectivity index (χ3n) is 2.39. The highest BCUT2D eigenvalue weighted by Crippen LogP contribution is 2.22. The fraction of sp³-hybridized carbons (Fsp3) is 0.333. The maximum atomic E-state index is 11.9. The predicted octanol–water partition coefficient (Wildman–Crippen LogP) is 2.54. The number of carbonyl (C=O) groups is 1. The minimum atomic E-state index is -0.265. The van der Waals surface area contributed by atoms with E-state index in [1.165, 1.54) is 11.3 Å². The molecule has 0 fully saturated rings. The summed E-state index contributed by atoms with van der Waals surface area (Å²) in [5.74, 6) is 1.75. The summed E-state index contributed by atoms with van der Waals surface area (Å²) in [6, 6.07) is 1.44. The minimum absolute atomic E-state index is 0.161. The molecule has 1 N–H and O–H groups in total. The van der Waals surface area contributed by atoms with Crippen LogP contribution in [-0.4, -0.2) is 18.0 Å². The molecule has 0 bridgehead atoms. The predicted molar refractivity (Wildman–Crippen MR) is 68.0 cm³/mol. The van der Waals surface area contributed by atoms with Crippen LogP contribution in [0.2, 0.25) is 0 Å². The summed E-state index contributed by atoms with van der Waals surface area (Å²) in [4.78, 5) is 16.6. The standard InChI is InChI=1S/C12H14N2O3S/c1-7-5-13-12(17-7)8(2)14-11(15)10-4-9(16-3)6-18-10/h4-6,8H,1-3H3,(H,14,15)/t8-/m1/s1. The van der Waals surface area contributed by atoms with Crippen molar-refractivity contribution in [1.29, 1.82) is 0 Å². The number of aryl methyl sites for hydroxylation is 1. The Labute approximate surface area is 109 Å². The van der Waals surface area contributed by atoms with Gasteiger partial charge in [0.05, 0.1) is 18.2 Å². The van der Waals surface area contributed by atoms with Gasteiger partial charge in [-0.1, -0.05) is 0 Å². The number of rotatable bonds is 4. The van der Waals surface area contributed by atoms with E-state index in [9.17, 15) is 4.79 Å². The maximum Gasteiger partial charge on any atom is 0.262 e. The van der Waals surface area contributed by atoms with Crippen molar-refractivity contribution in [3.05, 3.63) is 34.2 Å².